The first-order chi connectivity index (χ1) is 12.7. The van der Waals surface area contributed by atoms with Gasteiger partial charge in [0, 0.05) is 13.1 Å². The Morgan fingerprint density at radius 2 is 1.81 bits per heavy atom. The minimum absolute atomic E-state index is 0.320. The molecule has 0 aliphatic carbocycles. The summed E-state index contributed by atoms with van der Waals surface area (Å²) < 4.78 is 5.09. The molecule has 4 N–H and O–H groups in total. The van der Waals surface area contributed by atoms with Gasteiger partial charge < -0.3 is 25.8 Å². The van der Waals surface area contributed by atoms with E-state index < -0.39 is 23.7 Å². The quantitative estimate of drug-likeness (QED) is 0.377. The number of thiocarbonyl (C=S) groups is 1. The van der Waals surface area contributed by atoms with Crippen LogP contribution in [0.25, 0.3) is 0 Å². The number of carbonyl (C=O) groups is 2. The summed E-state index contributed by atoms with van der Waals surface area (Å²) in [5.74, 6) is -1.08. The van der Waals surface area contributed by atoms with Crippen LogP contribution < -0.4 is 16.0 Å². The number of ether oxygens (including phenoxy) is 1. The van der Waals surface area contributed by atoms with E-state index >= 15 is 0 Å². The van der Waals surface area contributed by atoms with Crippen molar-refractivity contribution in [1.82, 2.24) is 16.0 Å². The number of carboxylic acid groups (broad SMARTS) is 1. The molecule has 0 heterocycles. The van der Waals surface area contributed by atoms with Gasteiger partial charge >= 0.3 is 12.1 Å². The van der Waals surface area contributed by atoms with Gasteiger partial charge in [-0.1, -0.05) is 30.3 Å². The third kappa shape index (κ3) is 11.1. The lowest BCUT2D eigenvalue weighted by atomic mass is 10.1. The average Bonchev–Trinajstić information content (AvgIpc) is 2.57. The fourth-order valence-electron chi connectivity index (χ4n) is 2.22. The van der Waals surface area contributed by atoms with Crippen LogP contribution in [0.1, 0.15) is 45.6 Å². The molecule has 0 saturated heterocycles. The van der Waals surface area contributed by atoms with Crippen molar-refractivity contribution < 1.29 is 19.4 Å². The van der Waals surface area contributed by atoms with E-state index in [0.29, 0.717) is 31.0 Å². The Hall–Kier alpha value is -2.35. The summed E-state index contributed by atoms with van der Waals surface area (Å²) in [6.07, 6.45) is 0.952. The van der Waals surface area contributed by atoms with E-state index in [0.717, 1.165) is 12.0 Å². The first kappa shape index (κ1) is 22.7. The van der Waals surface area contributed by atoms with Crippen molar-refractivity contribution in [3.05, 3.63) is 35.9 Å². The zero-order chi connectivity index (χ0) is 20.3. The van der Waals surface area contributed by atoms with Crippen molar-refractivity contribution >= 4 is 29.4 Å². The summed E-state index contributed by atoms with van der Waals surface area (Å²) in [5, 5.41) is 18.4. The molecular weight excluding hydrogens is 366 g/mol. The van der Waals surface area contributed by atoms with Gasteiger partial charge in [-0.15, -0.1) is 0 Å². The lowest BCUT2D eigenvalue weighted by Crippen LogP contribution is -2.43. The second-order valence-electron chi connectivity index (χ2n) is 7.13. The van der Waals surface area contributed by atoms with Crippen LogP contribution in [-0.4, -0.2) is 40.5 Å². The number of benzene rings is 1. The molecule has 7 nitrogen and oxygen atoms in total. The molecule has 1 aromatic carbocycles. The van der Waals surface area contributed by atoms with Crippen LogP contribution in [0.2, 0.25) is 0 Å². The van der Waals surface area contributed by atoms with E-state index in [1.54, 1.807) is 20.8 Å². The first-order valence-corrected chi connectivity index (χ1v) is 9.36. The standard InChI is InChI=1S/C19H29N3O4S/c1-19(2,3)26-18(25)22-15(16(23)24)11-7-8-12-20-17(27)21-13-14-9-5-4-6-10-14/h4-6,9-10,15H,7-8,11-13H2,1-3H3,(H,22,25)(H,23,24)(H2,20,21,27)/t15-/m0/s1. The van der Waals surface area contributed by atoms with Crippen molar-refractivity contribution in [2.24, 2.45) is 0 Å². The van der Waals surface area contributed by atoms with Gasteiger partial charge in [0.15, 0.2) is 5.11 Å². The smallest absolute Gasteiger partial charge is 0.408 e. The number of aliphatic carboxylic acids is 1. The molecule has 0 aromatic heterocycles. The molecule has 27 heavy (non-hydrogen) atoms. The number of alkyl carbamates (subject to hydrolysis) is 1. The molecule has 0 saturated carbocycles. The van der Waals surface area contributed by atoms with Gasteiger partial charge in [0.05, 0.1) is 0 Å². The Labute approximate surface area is 165 Å². The van der Waals surface area contributed by atoms with Crippen molar-refractivity contribution in [3.8, 4) is 0 Å². The zero-order valence-corrected chi connectivity index (χ0v) is 16.9. The van der Waals surface area contributed by atoms with Gasteiger partial charge in [-0.25, -0.2) is 9.59 Å². The predicted molar refractivity (Wildman–Crippen MR) is 109 cm³/mol. The SMILES string of the molecule is CC(C)(C)OC(=O)N[C@@H](CCCCNC(=S)NCc1ccccc1)C(=O)O. The molecule has 1 rings (SSSR count). The van der Waals surface area contributed by atoms with Crippen LogP contribution >= 0.6 is 12.2 Å². The number of amides is 1. The number of carbonyl (C=O) groups excluding carboxylic acids is 1. The van der Waals surface area contributed by atoms with E-state index in [4.69, 9.17) is 17.0 Å². The van der Waals surface area contributed by atoms with Gasteiger partial charge in [0.25, 0.3) is 0 Å². The monoisotopic (exact) mass is 395 g/mol. The van der Waals surface area contributed by atoms with Crippen molar-refractivity contribution in [1.29, 1.82) is 0 Å². The highest BCUT2D eigenvalue weighted by molar-refractivity contribution is 7.80. The van der Waals surface area contributed by atoms with Gasteiger partial charge in [0.2, 0.25) is 0 Å². The van der Waals surface area contributed by atoms with Crippen LogP contribution in [0.5, 0.6) is 0 Å². The van der Waals surface area contributed by atoms with Crippen molar-refractivity contribution in [3.63, 3.8) is 0 Å². The summed E-state index contributed by atoms with van der Waals surface area (Å²) in [6.45, 7) is 6.45. The summed E-state index contributed by atoms with van der Waals surface area (Å²) in [7, 11) is 0. The third-order valence-corrected chi connectivity index (χ3v) is 3.78. The Bertz CT molecular complexity index is 617. The number of unbranched alkanes of at least 4 members (excludes halogenated alkanes) is 1. The average molecular weight is 396 g/mol. The molecular formula is C19H29N3O4S. The summed E-state index contributed by atoms with van der Waals surface area (Å²) in [4.78, 5) is 23.0. The second kappa shape index (κ2) is 11.4. The number of nitrogens with one attached hydrogen (secondary N) is 3. The predicted octanol–water partition coefficient (Wildman–Crippen LogP) is 2.80. The maximum absolute atomic E-state index is 11.7. The first-order valence-electron chi connectivity index (χ1n) is 8.95. The van der Waals surface area contributed by atoms with Gasteiger partial charge in [0.1, 0.15) is 11.6 Å². The minimum atomic E-state index is -1.08. The molecule has 0 aliphatic heterocycles. The molecule has 0 fully saturated rings. The molecule has 0 aliphatic rings. The van der Waals surface area contributed by atoms with Crippen LogP contribution in [0.3, 0.4) is 0 Å². The van der Waals surface area contributed by atoms with E-state index in [1.165, 1.54) is 0 Å². The molecule has 0 radical (unpaired) electrons. The number of hydrogen-bond donors (Lipinski definition) is 4. The van der Waals surface area contributed by atoms with E-state index in [2.05, 4.69) is 16.0 Å². The largest absolute Gasteiger partial charge is 0.480 e. The maximum atomic E-state index is 11.7. The minimum Gasteiger partial charge on any atom is -0.480 e. The number of carboxylic acids is 1. The van der Waals surface area contributed by atoms with E-state index in [1.807, 2.05) is 30.3 Å². The van der Waals surface area contributed by atoms with Crippen molar-refractivity contribution in [2.75, 3.05) is 6.54 Å². The molecule has 1 atom stereocenters. The molecule has 0 spiro atoms. The molecule has 150 valence electrons. The normalized spacial score (nSPS) is 12.0. The lowest BCUT2D eigenvalue weighted by Gasteiger charge is -2.22. The highest BCUT2D eigenvalue weighted by Crippen LogP contribution is 2.08. The van der Waals surface area contributed by atoms with Crippen LogP contribution in [0.15, 0.2) is 30.3 Å². The Balaban J connectivity index is 2.21. The fourth-order valence-corrected chi connectivity index (χ4v) is 2.40. The summed E-state index contributed by atoms with van der Waals surface area (Å²) in [5.41, 5.74) is 0.471. The lowest BCUT2D eigenvalue weighted by molar-refractivity contribution is -0.139. The zero-order valence-electron chi connectivity index (χ0n) is 16.1. The molecule has 0 unspecified atom stereocenters. The number of hydrogen-bond acceptors (Lipinski definition) is 4. The Morgan fingerprint density at radius 1 is 1.15 bits per heavy atom. The highest BCUT2D eigenvalue weighted by Gasteiger charge is 2.23. The number of rotatable bonds is 9. The van der Waals surface area contributed by atoms with E-state index in [9.17, 15) is 14.7 Å². The van der Waals surface area contributed by atoms with Crippen LogP contribution in [-0.2, 0) is 16.1 Å². The molecule has 1 amide bonds. The topological polar surface area (TPSA) is 99.7 Å². The van der Waals surface area contributed by atoms with Gasteiger partial charge in [-0.05, 0) is 57.8 Å². The highest BCUT2D eigenvalue weighted by atomic mass is 32.1. The molecule has 0 bridgehead atoms. The van der Waals surface area contributed by atoms with Crippen LogP contribution in [0, 0.1) is 0 Å². The maximum Gasteiger partial charge on any atom is 0.408 e. The van der Waals surface area contributed by atoms with Gasteiger partial charge in [-0.3, -0.25) is 0 Å². The summed E-state index contributed by atoms with van der Waals surface area (Å²) in [6, 6.07) is 8.96. The summed E-state index contributed by atoms with van der Waals surface area (Å²) >= 11 is 5.21. The van der Waals surface area contributed by atoms with Crippen molar-refractivity contribution in [2.45, 2.75) is 58.2 Å². The second-order valence-corrected chi connectivity index (χ2v) is 7.54. The van der Waals surface area contributed by atoms with Crippen LogP contribution in [0.4, 0.5) is 4.79 Å². The molecule has 8 heteroatoms. The fraction of sp³-hybridized carbons (Fsp3) is 0.526. The molecule has 1 aromatic rings. The Kier molecular flexibility index (Phi) is 9.56. The van der Waals surface area contributed by atoms with Gasteiger partial charge in [-0.2, -0.15) is 0 Å². The van der Waals surface area contributed by atoms with E-state index in [-0.39, 0.29) is 0 Å². The Morgan fingerprint density at radius 3 is 2.41 bits per heavy atom. The third-order valence-electron chi connectivity index (χ3n) is 3.49.